The highest BCUT2D eigenvalue weighted by Crippen LogP contribution is 2.32. The van der Waals surface area contributed by atoms with Gasteiger partial charge in [0.15, 0.2) is 0 Å². The van der Waals surface area contributed by atoms with E-state index in [4.69, 9.17) is 11.6 Å². The zero-order chi connectivity index (χ0) is 21.0. The largest absolute Gasteiger partial charge is 0.377 e. The number of aromatic nitrogens is 1. The Hall–Kier alpha value is -2.98. The Labute approximate surface area is 176 Å². The molecule has 0 bridgehead atoms. The van der Waals surface area contributed by atoms with Crippen molar-refractivity contribution in [1.29, 1.82) is 0 Å². The molecule has 29 heavy (non-hydrogen) atoms. The predicted molar refractivity (Wildman–Crippen MR) is 120 cm³/mol. The summed E-state index contributed by atoms with van der Waals surface area (Å²) in [6.45, 7) is 9.31. The first-order valence-corrected chi connectivity index (χ1v) is 9.69. The minimum atomic E-state index is -0.325. The van der Waals surface area contributed by atoms with Crippen molar-refractivity contribution in [2.45, 2.75) is 26.8 Å². The summed E-state index contributed by atoms with van der Waals surface area (Å²) in [5, 5.41) is 3.92. The molecule has 1 atom stereocenters. The fraction of sp³-hybridized carbons (Fsp3) is 0.167. The van der Waals surface area contributed by atoms with Crippen molar-refractivity contribution in [2.24, 2.45) is 4.99 Å². The van der Waals surface area contributed by atoms with E-state index >= 15 is 0 Å². The monoisotopic (exact) mass is 407 g/mol. The third kappa shape index (κ3) is 4.72. The lowest BCUT2D eigenvalue weighted by atomic mass is 9.99. The van der Waals surface area contributed by atoms with Crippen LogP contribution in [0.1, 0.15) is 36.6 Å². The molecule has 1 aromatic heterocycles. The molecule has 3 nitrogen and oxygen atoms in total. The lowest BCUT2D eigenvalue weighted by molar-refractivity contribution is 0.575. The van der Waals surface area contributed by atoms with E-state index in [-0.39, 0.29) is 11.9 Å². The molecule has 1 heterocycles. The summed E-state index contributed by atoms with van der Waals surface area (Å²) in [5.41, 5.74) is 5.68. The second-order valence-corrected chi connectivity index (χ2v) is 7.50. The number of hydrogen-bond acceptors (Lipinski definition) is 3. The molecule has 3 rings (SSSR count). The fourth-order valence-corrected chi connectivity index (χ4v) is 3.40. The molecule has 0 saturated carbocycles. The van der Waals surface area contributed by atoms with E-state index in [1.54, 1.807) is 25.4 Å². The zero-order valence-corrected chi connectivity index (χ0v) is 17.5. The molecule has 0 amide bonds. The highest BCUT2D eigenvalue weighted by molar-refractivity contribution is 6.32. The van der Waals surface area contributed by atoms with E-state index in [1.165, 1.54) is 6.07 Å². The van der Waals surface area contributed by atoms with E-state index in [0.29, 0.717) is 22.0 Å². The number of aliphatic imine (C=N–C) groups is 1. The second-order valence-electron chi connectivity index (χ2n) is 6.94. The topological polar surface area (TPSA) is 37.3 Å². The van der Waals surface area contributed by atoms with Crippen LogP contribution in [0.3, 0.4) is 0 Å². The van der Waals surface area contributed by atoms with Crippen LogP contribution in [0, 0.1) is 12.7 Å². The highest BCUT2D eigenvalue weighted by atomic mass is 35.5. The zero-order valence-electron chi connectivity index (χ0n) is 16.7. The molecule has 148 valence electrons. The molecular weight excluding hydrogens is 385 g/mol. The molecular formula is C24H23ClFN3. The number of allylic oxidation sites excluding steroid dienone is 1. The average Bonchev–Trinajstić information content (AvgIpc) is 2.72. The van der Waals surface area contributed by atoms with E-state index in [9.17, 15) is 4.39 Å². The van der Waals surface area contributed by atoms with Gasteiger partial charge in [-0.3, -0.25) is 9.98 Å². The maximum Gasteiger partial charge on any atom is 0.128 e. The van der Waals surface area contributed by atoms with Gasteiger partial charge in [0, 0.05) is 34.1 Å². The molecule has 0 aliphatic rings. The van der Waals surface area contributed by atoms with E-state index < -0.39 is 0 Å². The third-order valence-corrected chi connectivity index (χ3v) is 4.91. The summed E-state index contributed by atoms with van der Waals surface area (Å²) < 4.78 is 14.7. The summed E-state index contributed by atoms with van der Waals surface area (Å²) >= 11 is 6.38. The molecule has 0 saturated heterocycles. The minimum Gasteiger partial charge on any atom is -0.377 e. The molecule has 0 spiro atoms. The van der Waals surface area contributed by atoms with Crippen LogP contribution in [-0.2, 0) is 0 Å². The predicted octanol–water partition coefficient (Wildman–Crippen LogP) is 6.81. The SMILES string of the molecule is C=Nc1ccccc1/C(N[C@H](C)c1cc(-c2cncc(C)c2)ccc1F)=C(\C)Cl. The van der Waals surface area contributed by atoms with Crippen LogP contribution < -0.4 is 5.32 Å². The smallest absolute Gasteiger partial charge is 0.128 e. The normalized spacial score (nSPS) is 12.9. The van der Waals surface area contributed by atoms with Crippen LogP contribution in [0.4, 0.5) is 10.1 Å². The van der Waals surface area contributed by atoms with Crippen LogP contribution in [0.25, 0.3) is 16.8 Å². The summed E-state index contributed by atoms with van der Waals surface area (Å²) in [7, 11) is 0. The van der Waals surface area contributed by atoms with Crippen molar-refractivity contribution in [3.63, 3.8) is 0 Å². The average molecular weight is 408 g/mol. The molecule has 0 aliphatic carbocycles. The molecule has 2 aromatic carbocycles. The third-order valence-electron chi connectivity index (χ3n) is 4.72. The lowest BCUT2D eigenvalue weighted by Crippen LogP contribution is -2.19. The molecule has 0 aliphatic heterocycles. The summed E-state index contributed by atoms with van der Waals surface area (Å²) in [5.74, 6) is -0.281. The molecule has 0 unspecified atom stereocenters. The Morgan fingerprint density at radius 3 is 2.59 bits per heavy atom. The van der Waals surface area contributed by atoms with Gasteiger partial charge in [-0.2, -0.15) is 0 Å². The number of nitrogens with zero attached hydrogens (tertiary/aromatic N) is 2. The number of hydrogen-bond donors (Lipinski definition) is 1. The van der Waals surface area contributed by atoms with Crippen LogP contribution in [0.5, 0.6) is 0 Å². The number of pyridine rings is 1. The summed E-state index contributed by atoms with van der Waals surface area (Å²) in [6.07, 6.45) is 3.58. The van der Waals surface area contributed by atoms with Gasteiger partial charge in [-0.25, -0.2) is 4.39 Å². The van der Waals surface area contributed by atoms with Crippen LogP contribution >= 0.6 is 11.6 Å². The first-order valence-electron chi connectivity index (χ1n) is 9.31. The van der Waals surface area contributed by atoms with Gasteiger partial charge in [-0.05, 0) is 62.9 Å². The van der Waals surface area contributed by atoms with Gasteiger partial charge in [-0.15, -0.1) is 0 Å². The summed E-state index contributed by atoms with van der Waals surface area (Å²) in [4.78, 5) is 8.31. The van der Waals surface area contributed by atoms with Gasteiger partial charge >= 0.3 is 0 Å². The van der Waals surface area contributed by atoms with Crippen molar-refractivity contribution >= 4 is 29.7 Å². The number of benzene rings is 2. The Morgan fingerprint density at radius 2 is 1.90 bits per heavy atom. The standard InChI is InChI=1S/C24H23ClFN3/c1-15-11-19(14-28-13-15)18-9-10-22(26)21(12-18)17(3)29-24(16(2)25)20-7-5-6-8-23(20)27-4/h5-14,17,29H,4H2,1-3H3/b24-16-/t17-/m1/s1. The van der Waals surface area contributed by atoms with Crippen molar-refractivity contribution < 1.29 is 4.39 Å². The van der Waals surface area contributed by atoms with Gasteiger partial charge in [0.25, 0.3) is 0 Å². The quantitative estimate of drug-likeness (QED) is 0.456. The minimum absolute atomic E-state index is 0.281. The van der Waals surface area contributed by atoms with Gasteiger partial charge in [0.1, 0.15) is 5.82 Å². The molecule has 3 aromatic rings. The Morgan fingerprint density at radius 1 is 1.14 bits per heavy atom. The van der Waals surface area contributed by atoms with E-state index in [2.05, 4.69) is 22.0 Å². The first kappa shape index (κ1) is 20.7. The van der Waals surface area contributed by atoms with Gasteiger partial charge in [0.2, 0.25) is 0 Å². The maximum absolute atomic E-state index is 14.7. The second kappa shape index (κ2) is 9.01. The number of para-hydroxylation sites is 1. The van der Waals surface area contributed by atoms with Crippen LogP contribution in [0.15, 0.2) is 70.9 Å². The Kier molecular flexibility index (Phi) is 6.45. The molecule has 0 fully saturated rings. The van der Waals surface area contributed by atoms with Crippen molar-refractivity contribution in [1.82, 2.24) is 10.3 Å². The van der Waals surface area contributed by atoms with Gasteiger partial charge in [0.05, 0.1) is 17.4 Å². The Bertz CT molecular complexity index is 1070. The number of halogens is 2. The molecule has 0 radical (unpaired) electrons. The van der Waals surface area contributed by atoms with Crippen molar-refractivity contribution in [3.05, 3.63) is 88.5 Å². The lowest BCUT2D eigenvalue weighted by Gasteiger charge is -2.21. The van der Waals surface area contributed by atoms with Crippen molar-refractivity contribution in [2.75, 3.05) is 0 Å². The summed E-state index contributed by atoms with van der Waals surface area (Å²) in [6, 6.07) is 14.4. The van der Waals surface area contributed by atoms with Gasteiger partial charge in [-0.1, -0.05) is 35.9 Å². The van der Waals surface area contributed by atoms with Gasteiger partial charge < -0.3 is 5.32 Å². The fourth-order valence-electron chi connectivity index (χ4n) is 3.25. The highest BCUT2D eigenvalue weighted by Gasteiger charge is 2.17. The maximum atomic E-state index is 14.7. The molecule has 1 N–H and O–H groups in total. The Balaban J connectivity index is 1.97. The first-order chi connectivity index (χ1) is 13.9. The number of rotatable bonds is 6. The number of nitrogens with one attached hydrogen (secondary N) is 1. The van der Waals surface area contributed by atoms with Crippen LogP contribution in [-0.4, -0.2) is 11.7 Å². The van der Waals surface area contributed by atoms with Crippen molar-refractivity contribution in [3.8, 4) is 11.1 Å². The van der Waals surface area contributed by atoms with E-state index in [1.807, 2.05) is 50.2 Å². The van der Waals surface area contributed by atoms with Crippen LogP contribution in [0.2, 0.25) is 0 Å². The van der Waals surface area contributed by atoms with E-state index in [0.717, 1.165) is 22.3 Å². The number of aryl methyl sites for hydroxylation is 1. The molecule has 5 heteroatoms.